The quantitative estimate of drug-likeness (QED) is 0.683. The van der Waals surface area contributed by atoms with Crippen LogP contribution in [0.15, 0.2) is 52.9 Å². The number of halogens is 2. The number of amides is 2. The summed E-state index contributed by atoms with van der Waals surface area (Å²) in [5.74, 6) is -1.26. The van der Waals surface area contributed by atoms with E-state index in [9.17, 15) is 14.0 Å². The molecule has 0 fully saturated rings. The van der Waals surface area contributed by atoms with E-state index < -0.39 is 23.7 Å². The summed E-state index contributed by atoms with van der Waals surface area (Å²) in [7, 11) is 0. The highest BCUT2D eigenvalue weighted by molar-refractivity contribution is 6.31. The normalized spacial score (nSPS) is 11.8. The van der Waals surface area contributed by atoms with E-state index in [4.69, 9.17) is 20.8 Å². The number of fused-ring (bicyclic) bond motifs is 1. The Morgan fingerprint density at radius 2 is 1.85 bits per heavy atom. The highest BCUT2D eigenvalue weighted by Crippen LogP contribution is 2.22. The molecule has 0 spiro atoms. The summed E-state index contributed by atoms with van der Waals surface area (Å²) in [6, 6.07) is 11.7. The summed E-state index contributed by atoms with van der Waals surface area (Å²) in [6.07, 6.45) is -0.907. The largest absolute Gasteiger partial charge is 0.481 e. The molecule has 3 rings (SSSR count). The molecular weight excluding hydrogens is 363 g/mol. The van der Waals surface area contributed by atoms with Gasteiger partial charge in [0.2, 0.25) is 0 Å². The highest BCUT2D eigenvalue weighted by Gasteiger charge is 2.18. The van der Waals surface area contributed by atoms with Crippen molar-refractivity contribution >= 4 is 34.4 Å². The van der Waals surface area contributed by atoms with Gasteiger partial charge in [0.25, 0.3) is 5.91 Å². The monoisotopic (exact) mass is 376 g/mol. The molecule has 0 bridgehead atoms. The van der Waals surface area contributed by atoms with Crippen molar-refractivity contribution in [1.29, 1.82) is 0 Å². The van der Waals surface area contributed by atoms with Gasteiger partial charge in [0, 0.05) is 10.4 Å². The first kappa shape index (κ1) is 17.8. The summed E-state index contributed by atoms with van der Waals surface area (Å²) < 4.78 is 23.6. The topological polar surface area (TPSA) is 80.6 Å². The molecule has 2 aromatic carbocycles. The zero-order chi connectivity index (χ0) is 18.7. The number of furan rings is 1. The van der Waals surface area contributed by atoms with Gasteiger partial charge in [-0.2, -0.15) is 0 Å². The third-order valence-corrected chi connectivity index (χ3v) is 3.73. The number of hydrogen-bond acceptors (Lipinski definition) is 4. The number of carbonyl (C=O) groups excluding carboxylic acids is 2. The molecule has 2 amide bonds. The Hall–Kier alpha value is -3.06. The van der Waals surface area contributed by atoms with Gasteiger partial charge in [0.1, 0.15) is 17.1 Å². The van der Waals surface area contributed by atoms with Crippen molar-refractivity contribution in [3.05, 3.63) is 65.1 Å². The minimum atomic E-state index is -0.907. The Morgan fingerprint density at radius 1 is 1.12 bits per heavy atom. The number of hydrogen-bond donors (Lipinski definition) is 2. The molecule has 26 heavy (non-hydrogen) atoms. The highest BCUT2D eigenvalue weighted by atomic mass is 35.5. The summed E-state index contributed by atoms with van der Waals surface area (Å²) in [6.45, 7) is 1.49. The van der Waals surface area contributed by atoms with E-state index in [-0.39, 0.29) is 5.76 Å². The van der Waals surface area contributed by atoms with Crippen LogP contribution in [0.25, 0.3) is 11.0 Å². The van der Waals surface area contributed by atoms with E-state index in [0.29, 0.717) is 21.7 Å². The summed E-state index contributed by atoms with van der Waals surface area (Å²) in [4.78, 5) is 24.1. The number of ether oxygens (including phenoxy) is 1. The van der Waals surface area contributed by atoms with Gasteiger partial charge in [-0.15, -0.1) is 0 Å². The molecule has 2 N–H and O–H groups in total. The zero-order valence-corrected chi connectivity index (χ0v) is 14.3. The molecular formula is C18H14ClFN2O4. The standard InChI is InChI=1S/C18H14ClFN2O4/c1-10(25-14-5-3-13(20)4-6-14)17(23)21-22-18(24)16-9-11-8-12(19)2-7-15(11)26-16/h2-10H,1H3,(H,21,23)(H,22,24). The maximum Gasteiger partial charge on any atom is 0.305 e. The van der Waals surface area contributed by atoms with Gasteiger partial charge in [0.05, 0.1) is 0 Å². The second kappa shape index (κ2) is 7.45. The van der Waals surface area contributed by atoms with Crippen molar-refractivity contribution in [2.75, 3.05) is 0 Å². The average molecular weight is 377 g/mol. The third-order valence-electron chi connectivity index (χ3n) is 3.50. The molecule has 0 saturated heterocycles. The average Bonchev–Trinajstić information content (AvgIpc) is 3.04. The van der Waals surface area contributed by atoms with Crippen molar-refractivity contribution in [2.24, 2.45) is 0 Å². The summed E-state index contributed by atoms with van der Waals surface area (Å²) in [5.41, 5.74) is 4.99. The second-order valence-electron chi connectivity index (χ2n) is 5.45. The number of carbonyl (C=O) groups is 2. The molecule has 0 aliphatic heterocycles. The van der Waals surface area contributed by atoms with Gasteiger partial charge in [-0.3, -0.25) is 20.4 Å². The molecule has 0 aliphatic carbocycles. The van der Waals surface area contributed by atoms with Crippen molar-refractivity contribution in [3.8, 4) is 5.75 Å². The van der Waals surface area contributed by atoms with Crippen LogP contribution in [0.3, 0.4) is 0 Å². The first-order valence-electron chi connectivity index (χ1n) is 7.64. The van der Waals surface area contributed by atoms with Crippen LogP contribution in [0, 0.1) is 5.82 Å². The molecule has 3 aromatic rings. The van der Waals surface area contributed by atoms with Gasteiger partial charge in [-0.1, -0.05) is 11.6 Å². The van der Waals surface area contributed by atoms with Crippen LogP contribution in [0.1, 0.15) is 17.5 Å². The van der Waals surface area contributed by atoms with Gasteiger partial charge < -0.3 is 9.15 Å². The lowest BCUT2D eigenvalue weighted by Gasteiger charge is -2.14. The molecule has 0 saturated carbocycles. The van der Waals surface area contributed by atoms with Gasteiger partial charge >= 0.3 is 5.91 Å². The van der Waals surface area contributed by atoms with Crippen LogP contribution in [0.4, 0.5) is 4.39 Å². The summed E-state index contributed by atoms with van der Waals surface area (Å²) in [5, 5.41) is 1.19. The molecule has 8 heteroatoms. The van der Waals surface area contributed by atoms with Gasteiger partial charge in [-0.05, 0) is 55.5 Å². The van der Waals surface area contributed by atoms with Gasteiger partial charge in [0.15, 0.2) is 11.9 Å². The molecule has 6 nitrogen and oxygen atoms in total. The molecule has 1 aromatic heterocycles. The second-order valence-corrected chi connectivity index (χ2v) is 5.89. The molecule has 0 aliphatic rings. The van der Waals surface area contributed by atoms with Crippen molar-refractivity contribution in [3.63, 3.8) is 0 Å². The van der Waals surface area contributed by atoms with Crippen LogP contribution < -0.4 is 15.6 Å². The maximum atomic E-state index is 12.9. The zero-order valence-electron chi connectivity index (χ0n) is 13.6. The maximum absolute atomic E-state index is 12.9. The molecule has 0 radical (unpaired) electrons. The van der Waals surface area contributed by atoms with E-state index >= 15 is 0 Å². The van der Waals surface area contributed by atoms with Crippen LogP contribution in [-0.2, 0) is 4.79 Å². The first-order valence-corrected chi connectivity index (χ1v) is 8.02. The molecule has 1 atom stereocenters. The number of rotatable bonds is 4. The van der Waals surface area contributed by atoms with Crippen LogP contribution in [-0.4, -0.2) is 17.9 Å². The molecule has 1 heterocycles. The predicted octanol–water partition coefficient (Wildman–Crippen LogP) is 3.45. The first-order chi connectivity index (χ1) is 12.4. The molecule has 134 valence electrons. The number of nitrogens with one attached hydrogen (secondary N) is 2. The fourth-order valence-corrected chi connectivity index (χ4v) is 2.36. The SMILES string of the molecule is CC(Oc1ccc(F)cc1)C(=O)NNC(=O)c1cc2cc(Cl)ccc2o1. The Kier molecular flexibility index (Phi) is 5.09. The van der Waals surface area contributed by atoms with E-state index in [1.807, 2.05) is 0 Å². The van der Waals surface area contributed by atoms with E-state index in [1.165, 1.54) is 37.3 Å². The Balaban J connectivity index is 1.57. The minimum absolute atomic E-state index is 0.0228. The van der Waals surface area contributed by atoms with Crippen molar-refractivity contribution in [2.45, 2.75) is 13.0 Å². The van der Waals surface area contributed by atoms with Crippen LogP contribution in [0.2, 0.25) is 5.02 Å². The van der Waals surface area contributed by atoms with Crippen LogP contribution >= 0.6 is 11.6 Å². The smallest absolute Gasteiger partial charge is 0.305 e. The lowest BCUT2D eigenvalue weighted by molar-refractivity contribution is -0.128. The Labute approximate surface area is 152 Å². The predicted molar refractivity (Wildman–Crippen MR) is 93.3 cm³/mol. The van der Waals surface area contributed by atoms with E-state index in [1.54, 1.807) is 18.2 Å². The third kappa shape index (κ3) is 4.12. The fraction of sp³-hybridized carbons (Fsp3) is 0.111. The van der Waals surface area contributed by atoms with Crippen molar-refractivity contribution in [1.82, 2.24) is 10.9 Å². The fourth-order valence-electron chi connectivity index (χ4n) is 2.18. The van der Waals surface area contributed by atoms with E-state index in [2.05, 4.69) is 10.9 Å². The summed E-state index contributed by atoms with van der Waals surface area (Å²) >= 11 is 5.89. The molecule has 1 unspecified atom stereocenters. The van der Waals surface area contributed by atoms with E-state index in [0.717, 1.165) is 0 Å². The Bertz CT molecular complexity index is 955. The van der Waals surface area contributed by atoms with Crippen LogP contribution in [0.5, 0.6) is 5.75 Å². The van der Waals surface area contributed by atoms with Gasteiger partial charge in [-0.25, -0.2) is 4.39 Å². The number of benzene rings is 2. The number of hydrazine groups is 1. The lowest BCUT2D eigenvalue weighted by Crippen LogP contribution is -2.47. The lowest BCUT2D eigenvalue weighted by atomic mass is 10.2. The minimum Gasteiger partial charge on any atom is -0.481 e. The Morgan fingerprint density at radius 3 is 2.58 bits per heavy atom. The van der Waals surface area contributed by atoms with Crippen molar-refractivity contribution < 1.29 is 23.1 Å².